The van der Waals surface area contributed by atoms with E-state index in [1.54, 1.807) is 12.3 Å². The number of rotatable bonds is 3. The normalized spacial score (nSPS) is 11.9. The first-order valence-corrected chi connectivity index (χ1v) is 7.05. The Bertz CT molecular complexity index is 531. The van der Waals surface area contributed by atoms with Gasteiger partial charge in [-0.3, -0.25) is 9.59 Å². The summed E-state index contributed by atoms with van der Waals surface area (Å²) in [4.78, 5) is 27.9. The van der Waals surface area contributed by atoms with Gasteiger partial charge >= 0.3 is 11.8 Å². The molecule has 0 saturated heterocycles. The van der Waals surface area contributed by atoms with Crippen molar-refractivity contribution >= 4 is 17.6 Å². The Kier molecular flexibility index (Phi) is 5.10. The number of pyridine rings is 1. The van der Waals surface area contributed by atoms with E-state index in [2.05, 4.69) is 36.4 Å². The SMILES string of the molecule is Cc1ccnc(NC(=O)C(=O)NC(C)(C)CC(C)(C)C)c1. The standard InChI is InChI=1S/C16H25N3O2/c1-11-7-8-17-12(9-11)18-13(20)14(21)19-16(5,6)10-15(2,3)4/h7-9H,10H2,1-6H3,(H,19,21)(H,17,18,20). The number of hydrogen-bond acceptors (Lipinski definition) is 3. The lowest BCUT2D eigenvalue weighted by Crippen LogP contribution is -2.49. The van der Waals surface area contributed by atoms with Gasteiger partial charge in [0.25, 0.3) is 0 Å². The van der Waals surface area contributed by atoms with Gasteiger partial charge in [-0.15, -0.1) is 0 Å². The minimum atomic E-state index is -0.699. The smallest absolute Gasteiger partial charge is 0.314 e. The molecule has 5 heteroatoms. The first-order chi connectivity index (χ1) is 9.48. The van der Waals surface area contributed by atoms with Gasteiger partial charge in [0.05, 0.1) is 0 Å². The van der Waals surface area contributed by atoms with Crippen LogP contribution in [0.4, 0.5) is 5.82 Å². The predicted molar refractivity (Wildman–Crippen MR) is 83.9 cm³/mol. The Hall–Kier alpha value is -1.91. The number of amides is 2. The molecule has 0 fully saturated rings. The number of anilines is 1. The van der Waals surface area contributed by atoms with Gasteiger partial charge in [0.15, 0.2) is 0 Å². The fraction of sp³-hybridized carbons (Fsp3) is 0.562. The summed E-state index contributed by atoms with van der Waals surface area (Å²) in [6.45, 7) is 12.0. The minimum absolute atomic E-state index is 0.0609. The van der Waals surface area contributed by atoms with Crippen molar-refractivity contribution in [3.05, 3.63) is 23.9 Å². The third-order valence-corrected chi connectivity index (χ3v) is 2.79. The first kappa shape index (κ1) is 17.1. The fourth-order valence-corrected chi connectivity index (χ4v) is 2.51. The highest BCUT2D eigenvalue weighted by molar-refractivity contribution is 6.39. The zero-order valence-corrected chi connectivity index (χ0v) is 13.7. The lowest BCUT2D eigenvalue weighted by molar-refractivity contribution is -0.137. The molecule has 1 aromatic heterocycles. The Morgan fingerprint density at radius 3 is 2.29 bits per heavy atom. The van der Waals surface area contributed by atoms with Crippen LogP contribution in [-0.4, -0.2) is 22.3 Å². The summed E-state index contributed by atoms with van der Waals surface area (Å²) in [7, 11) is 0. The molecule has 1 heterocycles. The highest BCUT2D eigenvalue weighted by atomic mass is 16.2. The van der Waals surface area contributed by atoms with Gasteiger partial charge in [0.2, 0.25) is 0 Å². The molecule has 2 amide bonds. The quantitative estimate of drug-likeness (QED) is 0.841. The summed E-state index contributed by atoms with van der Waals surface area (Å²) < 4.78 is 0. The van der Waals surface area contributed by atoms with Gasteiger partial charge in [-0.1, -0.05) is 20.8 Å². The van der Waals surface area contributed by atoms with Crippen molar-refractivity contribution < 1.29 is 9.59 Å². The van der Waals surface area contributed by atoms with Gasteiger partial charge in [0.1, 0.15) is 5.82 Å². The van der Waals surface area contributed by atoms with Crippen LogP contribution in [0.15, 0.2) is 18.3 Å². The molecule has 0 saturated carbocycles. The molecule has 0 spiro atoms. The van der Waals surface area contributed by atoms with E-state index in [1.165, 1.54) is 0 Å². The van der Waals surface area contributed by atoms with E-state index in [1.807, 2.05) is 26.8 Å². The molecule has 1 aromatic rings. The summed E-state index contributed by atoms with van der Waals surface area (Å²) in [6, 6.07) is 3.54. The number of nitrogens with zero attached hydrogens (tertiary/aromatic N) is 1. The van der Waals surface area contributed by atoms with Crippen LogP contribution >= 0.6 is 0 Å². The van der Waals surface area contributed by atoms with Gasteiger partial charge in [-0.25, -0.2) is 4.98 Å². The summed E-state index contributed by atoms with van der Waals surface area (Å²) in [5.41, 5.74) is 0.576. The number of aromatic nitrogens is 1. The molecule has 5 nitrogen and oxygen atoms in total. The second kappa shape index (κ2) is 6.24. The van der Waals surface area contributed by atoms with Gasteiger partial charge in [0, 0.05) is 11.7 Å². The second-order valence-corrected chi connectivity index (χ2v) is 7.25. The van der Waals surface area contributed by atoms with Crippen LogP contribution in [0.2, 0.25) is 0 Å². The fourth-order valence-electron chi connectivity index (χ4n) is 2.51. The summed E-state index contributed by atoms with van der Waals surface area (Å²) in [6.07, 6.45) is 2.36. The minimum Gasteiger partial charge on any atom is -0.343 e. The summed E-state index contributed by atoms with van der Waals surface area (Å²) >= 11 is 0. The van der Waals surface area contributed by atoms with Crippen LogP contribution in [-0.2, 0) is 9.59 Å². The molecule has 1 rings (SSSR count). The Morgan fingerprint density at radius 2 is 1.76 bits per heavy atom. The second-order valence-electron chi connectivity index (χ2n) is 7.25. The number of carbonyl (C=O) groups is 2. The van der Waals surface area contributed by atoms with Crippen molar-refractivity contribution in [2.24, 2.45) is 5.41 Å². The molecular weight excluding hydrogens is 266 g/mol. The zero-order valence-electron chi connectivity index (χ0n) is 13.7. The molecule has 0 bridgehead atoms. The monoisotopic (exact) mass is 291 g/mol. The molecule has 0 radical (unpaired) electrons. The number of hydrogen-bond donors (Lipinski definition) is 2. The van der Waals surface area contributed by atoms with Crippen LogP contribution in [0.5, 0.6) is 0 Å². The van der Waals surface area contributed by atoms with Gasteiger partial charge in [-0.2, -0.15) is 0 Å². The molecule has 0 aliphatic carbocycles. The molecule has 2 N–H and O–H groups in total. The van der Waals surface area contributed by atoms with Crippen molar-refractivity contribution in [3.63, 3.8) is 0 Å². The predicted octanol–water partition coefficient (Wildman–Crippen LogP) is 2.66. The Morgan fingerprint density at radius 1 is 1.14 bits per heavy atom. The van der Waals surface area contributed by atoms with Crippen LogP contribution < -0.4 is 10.6 Å². The summed E-state index contributed by atoms with van der Waals surface area (Å²) in [5, 5.41) is 5.27. The topological polar surface area (TPSA) is 71.1 Å². The molecule has 0 atom stereocenters. The third-order valence-electron chi connectivity index (χ3n) is 2.79. The zero-order chi connectivity index (χ0) is 16.3. The van der Waals surface area contributed by atoms with E-state index in [0.717, 1.165) is 12.0 Å². The highest BCUT2D eigenvalue weighted by Gasteiger charge is 2.29. The summed E-state index contributed by atoms with van der Waals surface area (Å²) in [5.74, 6) is -0.966. The molecular formula is C16H25N3O2. The van der Waals surface area contributed by atoms with E-state index < -0.39 is 17.4 Å². The average Bonchev–Trinajstić information content (AvgIpc) is 2.24. The van der Waals surface area contributed by atoms with E-state index in [0.29, 0.717) is 5.82 Å². The number of carbonyl (C=O) groups excluding carboxylic acids is 2. The van der Waals surface area contributed by atoms with Crippen molar-refractivity contribution in [1.29, 1.82) is 0 Å². The van der Waals surface area contributed by atoms with Crippen LogP contribution in [0.1, 0.15) is 46.6 Å². The van der Waals surface area contributed by atoms with Crippen molar-refractivity contribution in [1.82, 2.24) is 10.3 Å². The molecule has 0 aliphatic heterocycles. The lowest BCUT2D eigenvalue weighted by atomic mass is 9.82. The van der Waals surface area contributed by atoms with E-state index in [4.69, 9.17) is 0 Å². The molecule has 116 valence electrons. The van der Waals surface area contributed by atoms with Gasteiger partial charge < -0.3 is 10.6 Å². The maximum absolute atomic E-state index is 12.0. The van der Waals surface area contributed by atoms with Crippen molar-refractivity contribution in [3.8, 4) is 0 Å². The number of aryl methyl sites for hydroxylation is 1. The Labute approximate surface area is 126 Å². The van der Waals surface area contributed by atoms with E-state index in [9.17, 15) is 9.59 Å². The van der Waals surface area contributed by atoms with E-state index >= 15 is 0 Å². The first-order valence-electron chi connectivity index (χ1n) is 7.05. The van der Waals surface area contributed by atoms with Crippen LogP contribution in [0.25, 0.3) is 0 Å². The highest BCUT2D eigenvalue weighted by Crippen LogP contribution is 2.26. The maximum Gasteiger partial charge on any atom is 0.314 e. The van der Waals surface area contributed by atoms with Crippen LogP contribution in [0, 0.1) is 12.3 Å². The van der Waals surface area contributed by atoms with E-state index in [-0.39, 0.29) is 5.41 Å². The van der Waals surface area contributed by atoms with Gasteiger partial charge in [-0.05, 0) is 50.3 Å². The lowest BCUT2D eigenvalue weighted by Gasteiger charge is -2.33. The largest absolute Gasteiger partial charge is 0.343 e. The van der Waals surface area contributed by atoms with Crippen molar-refractivity contribution in [2.45, 2.75) is 53.5 Å². The molecule has 0 unspecified atom stereocenters. The molecule has 21 heavy (non-hydrogen) atoms. The molecule has 0 aliphatic rings. The van der Waals surface area contributed by atoms with Crippen LogP contribution in [0.3, 0.4) is 0 Å². The maximum atomic E-state index is 12.0. The Balaban J connectivity index is 2.65. The number of nitrogens with one attached hydrogen (secondary N) is 2. The van der Waals surface area contributed by atoms with Crippen molar-refractivity contribution in [2.75, 3.05) is 5.32 Å². The molecule has 0 aromatic carbocycles. The average molecular weight is 291 g/mol. The third kappa shape index (κ3) is 6.38.